The number of nitrogens with one attached hydrogen (secondary N) is 1. The third-order valence-corrected chi connectivity index (χ3v) is 5.72. The molecule has 0 radical (unpaired) electrons. The van der Waals surface area contributed by atoms with Gasteiger partial charge in [-0.25, -0.2) is 4.98 Å². The number of para-hydroxylation sites is 1. The van der Waals surface area contributed by atoms with Crippen LogP contribution in [0.15, 0.2) is 24.3 Å². The van der Waals surface area contributed by atoms with Gasteiger partial charge in [0.2, 0.25) is 5.91 Å². The average Bonchev–Trinajstić information content (AvgIpc) is 3.14. The lowest BCUT2D eigenvalue weighted by atomic mass is 9.82. The molecule has 4 heteroatoms. The Balaban J connectivity index is 1.77. The Labute approximate surface area is 136 Å². The largest absolute Gasteiger partial charge is 0.356 e. The Hall–Kier alpha value is -1.42. The summed E-state index contributed by atoms with van der Waals surface area (Å²) in [6.45, 7) is 2.95. The highest BCUT2D eigenvalue weighted by atomic mass is 32.1. The summed E-state index contributed by atoms with van der Waals surface area (Å²) in [5.41, 5.74) is 0.837. The number of thiazole rings is 1. The Kier molecular flexibility index (Phi) is 4.77. The molecule has 0 aliphatic heterocycles. The highest BCUT2D eigenvalue weighted by Gasteiger charge is 2.41. The van der Waals surface area contributed by atoms with Gasteiger partial charge in [-0.1, -0.05) is 38.3 Å². The molecule has 0 saturated heterocycles. The molecule has 1 fully saturated rings. The van der Waals surface area contributed by atoms with Gasteiger partial charge in [0.15, 0.2) is 0 Å². The molecule has 1 aliphatic carbocycles. The summed E-state index contributed by atoms with van der Waals surface area (Å²) in [5.74, 6) is 0.248. The SMILES string of the molecule is CCCCNC(=O)C1(Cc2nc3ccccc3s2)CCCC1. The number of amides is 1. The lowest BCUT2D eigenvalue weighted by Crippen LogP contribution is -2.41. The number of nitrogens with zero attached hydrogens (tertiary/aromatic N) is 1. The van der Waals surface area contributed by atoms with Crippen LogP contribution in [0.4, 0.5) is 0 Å². The fourth-order valence-electron chi connectivity index (χ4n) is 3.39. The monoisotopic (exact) mass is 316 g/mol. The van der Waals surface area contributed by atoms with Crippen molar-refractivity contribution in [3.8, 4) is 0 Å². The molecular weight excluding hydrogens is 292 g/mol. The van der Waals surface area contributed by atoms with E-state index >= 15 is 0 Å². The number of hydrogen-bond donors (Lipinski definition) is 1. The summed E-state index contributed by atoms with van der Waals surface area (Å²) in [6, 6.07) is 8.23. The van der Waals surface area contributed by atoms with Gasteiger partial charge in [0.05, 0.1) is 20.6 Å². The molecule has 3 nitrogen and oxygen atoms in total. The number of hydrogen-bond acceptors (Lipinski definition) is 3. The first-order chi connectivity index (χ1) is 10.7. The minimum Gasteiger partial charge on any atom is -0.356 e. The van der Waals surface area contributed by atoms with Crippen LogP contribution in [0.1, 0.15) is 50.5 Å². The number of unbranched alkanes of at least 4 members (excludes halogenated alkanes) is 1. The van der Waals surface area contributed by atoms with Crippen molar-refractivity contribution in [2.24, 2.45) is 5.41 Å². The second-order valence-corrected chi connectivity index (χ2v) is 7.46. The van der Waals surface area contributed by atoms with E-state index in [4.69, 9.17) is 4.98 Å². The van der Waals surface area contributed by atoms with Gasteiger partial charge in [0, 0.05) is 13.0 Å². The molecule has 1 aromatic heterocycles. The number of carbonyl (C=O) groups excluding carboxylic acids is 1. The van der Waals surface area contributed by atoms with Crippen LogP contribution >= 0.6 is 11.3 Å². The summed E-state index contributed by atoms with van der Waals surface area (Å²) in [4.78, 5) is 17.5. The molecule has 0 bridgehead atoms. The molecule has 0 spiro atoms. The van der Waals surface area contributed by atoms with E-state index in [2.05, 4.69) is 24.4 Å². The summed E-state index contributed by atoms with van der Waals surface area (Å²) in [7, 11) is 0. The normalized spacial score (nSPS) is 17.0. The molecule has 2 aromatic rings. The third-order valence-electron chi connectivity index (χ3n) is 4.69. The molecular formula is C18H24N2OS. The van der Waals surface area contributed by atoms with E-state index in [0.29, 0.717) is 0 Å². The predicted molar refractivity (Wildman–Crippen MR) is 92.1 cm³/mol. The molecule has 1 saturated carbocycles. The third kappa shape index (κ3) is 3.17. The van der Waals surface area contributed by atoms with Crippen molar-refractivity contribution >= 4 is 27.5 Å². The van der Waals surface area contributed by atoms with Crippen LogP contribution in [0.3, 0.4) is 0 Å². The maximum Gasteiger partial charge on any atom is 0.226 e. The van der Waals surface area contributed by atoms with Crippen LogP contribution in [0, 0.1) is 5.41 Å². The topological polar surface area (TPSA) is 42.0 Å². The van der Waals surface area contributed by atoms with Crippen LogP contribution < -0.4 is 5.32 Å². The van der Waals surface area contributed by atoms with Crippen molar-refractivity contribution in [1.29, 1.82) is 0 Å². The highest BCUT2D eigenvalue weighted by molar-refractivity contribution is 7.18. The Morgan fingerprint density at radius 1 is 1.32 bits per heavy atom. The van der Waals surface area contributed by atoms with E-state index in [1.165, 1.54) is 4.70 Å². The van der Waals surface area contributed by atoms with Crippen molar-refractivity contribution < 1.29 is 4.79 Å². The van der Waals surface area contributed by atoms with Gasteiger partial charge in [-0.15, -0.1) is 11.3 Å². The van der Waals surface area contributed by atoms with Crippen LogP contribution in [-0.4, -0.2) is 17.4 Å². The lowest BCUT2D eigenvalue weighted by Gasteiger charge is -2.26. The van der Waals surface area contributed by atoms with E-state index in [1.54, 1.807) is 11.3 Å². The van der Waals surface area contributed by atoms with Crippen molar-refractivity contribution in [3.05, 3.63) is 29.3 Å². The first-order valence-corrected chi connectivity index (χ1v) is 9.18. The molecule has 1 amide bonds. The Morgan fingerprint density at radius 3 is 2.82 bits per heavy atom. The van der Waals surface area contributed by atoms with E-state index in [1.807, 2.05) is 12.1 Å². The van der Waals surface area contributed by atoms with Gasteiger partial charge < -0.3 is 5.32 Å². The number of benzene rings is 1. The van der Waals surface area contributed by atoms with Crippen LogP contribution in [0.5, 0.6) is 0 Å². The summed E-state index contributed by atoms with van der Waals surface area (Å²) in [6.07, 6.45) is 7.29. The number of fused-ring (bicyclic) bond motifs is 1. The van der Waals surface area contributed by atoms with Gasteiger partial charge >= 0.3 is 0 Å². The van der Waals surface area contributed by atoms with Gasteiger partial charge in [0.25, 0.3) is 0 Å². The van der Waals surface area contributed by atoms with Crippen molar-refractivity contribution in [2.75, 3.05) is 6.54 Å². The highest BCUT2D eigenvalue weighted by Crippen LogP contribution is 2.42. The molecule has 1 aromatic carbocycles. The first-order valence-electron chi connectivity index (χ1n) is 8.36. The Bertz CT molecular complexity index is 610. The first kappa shape index (κ1) is 15.5. The molecule has 3 rings (SSSR count). The van der Waals surface area contributed by atoms with E-state index in [9.17, 15) is 4.79 Å². The zero-order valence-electron chi connectivity index (χ0n) is 13.2. The average molecular weight is 316 g/mol. The quantitative estimate of drug-likeness (QED) is 0.807. The van der Waals surface area contributed by atoms with Gasteiger partial charge in [-0.05, 0) is 31.4 Å². The van der Waals surface area contributed by atoms with Gasteiger partial charge in [0.1, 0.15) is 0 Å². The summed E-state index contributed by atoms with van der Waals surface area (Å²) < 4.78 is 1.22. The van der Waals surface area contributed by atoms with E-state index < -0.39 is 0 Å². The molecule has 1 aliphatic rings. The van der Waals surface area contributed by atoms with Crippen molar-refractivity contribution in [3.63, 3.8) is 0 Å². The Morgan fingerprint density at radius 2 is 2.09 bits per heavy atom. The number of carbonyl (C=O) groups is 1. The number of rotatable bonds is 6. The molecule has 0 atom stereocenters. The smallest absolute Gasteiger partial charge is 0.226 e. The lowest BCUT2D eigenvalue weighted by molar-refractivity contribution is -0.130. The summed E-state index contributed by atoms with van der Waals surface area (Å²) in [5, 5.41) is 4.26. The predicted octanol–water partition coefficient (Wildman–Crippen LogP) is 4.32. The van der Waals surface area contributed by atoms with Crippen LogP contribution in [0.25, 0.3) is 10.2 Å². The minimum atomic E-state index is -0.221. The standard InChI is InChI=1S/C18H24N2OS/c1-2-3-12-19-17(21)18(10-6-7-11-18)13-16-20-14-8-4-5-9-15(14)22-16/h4-5,8-9H,2-3,6-7,10-13H2,1H3,(H,19,21). The number of aromatic nitrogens is 1. The van der Waals surface area contributed by atoms with E-state index in [-0.39, 0.29) is 11.3 Å². The maximum absolute atomic E-state index is 12.7. The van der Waals surface area contributed by atoms with Crippen molar-refractivity contribution in [1.82, 2.24) is 10.3 Å². The fraction of sp³-hybridized carbons (Fsp3) is 0.556. The zero-order valence-corrected chi connectivity index (χ0v) is 14.0. The van der Waals surface area contributed by atoms with Crippen molar-refractivity contribution in [2.45, 2.75) is 51.9 Å². The molecule has 22 heavy (non-hydrogen) atoms. The molecule has 1 heterocycles. The second-order valence-electron chi connectivity index (χ2n) is 6.35. The molecule has 1 N–H and O–H groups in total. The fourth-order valence-corrected chi connectivity index (χ4v) is 4.50. The van der Waals surface area contributed by atoms with E-state index in [0.717, 1.165) is 62.0 Å². The molecule has 118 valence electrons. The maximum atomic E-state index is 12.7. The van der Waals surface area contributed by atoms with Gasteiger partial charge in [-0.2, -0.15) is 0 Å². The summed E-state index contributed by atoms with van der Waals surface area (Å²) >= 11 is 1.74. The second kappa shape index (κ2) is 6.78. The zero-order chi connectivity index (χ0) is 15.4. The van der Waals surface area contributed by atoms with Gasteiger partial charge in [-0.3, -0.25) is 4.79 Å². The minimum absolute atomic E-state index is 0.221. The van der Waals surface area contributed by atoms with Crippen LogP contribution in [-0.2, 0) is 11.2 Å². The van der Waals surface area contributed by atoms with Crippen LogP contribution in [0.2, 0.25) is 0 Å². The molecule has 0 unspecified atom stereocenters.